The second-order valence-electron chi connectivity index (χ2n) is 5.88. The average molecular weight is 297 g/mol. The van der Waals surface area contributed by atoms with E-state index in [1.807, 2.05) is 31.3 Å². The highest BCUT2D eigenvalue weighted by Crippen LogP contribution is 2.41. The summed E-state index contributed by atoms with van der Waals surface area (Å²) in [6.45, 7) is 2.79. The molecule has 1 N–H and O–H groups in total. The smallest absolute Gasteiger partial charge is 0.248 e. The summed E-state index contributed by atoms with van der Waals surface area (Å²) >= 11 is 0. The third-order valence-electron chi connectivity index (χ3n) is 4.26. The van der Waals surface area contributed by atoms with E-state index < -0.39 is 5.92 Å². The van der Waals surface area contributed by atoms with E-state index in [2.05, 4.69) is 12.2 Å². The van der Waals surface area contributed by atoms with Gasteiger partial charge in [-0.15, -0.1) is 0 Å². The zero-order valence-corrected chi connectivity index (χ0v) is 12.9. The van der Waals surface area contributed by atoms with Crippen molar-refractivity contribution in [1.29, 1.82) is 0 Å². The number of ether oxygens (including phenoxy) is 1. The third kappa shape index (κ3) is 4.40. The topological polar surface area (TPSA) is 21.3 Å². The monoisotopic (exact) mass is 297 g/mol. The first-order chi connectivity index (χ1) is 10.1. The molecule has 1 aromatic carbocycles. The van der Waals surface area contributed by atoms with E-state index in [1.54, 1.807) is 0 Å². The minimum atomic E-state index is -2.47. The number of hydrogen-bond donors (Lipinski definition) is 1. The highest BCUT2D eigenvalue weighted by Gasteiger charge is 2.37. The van der Waals surface area contributed by atoms with Crippen molar-refractivity contribution in [3.05, 3.63) is 29.8 Å². The fourth-order valence-electron chi connectivity index (χ4n) is 3.06. The highest BCUT2D eigenvalue weighted by molar-refractivity contribution is 5.29. The van der Waals surface area contributed by atoms with Crippen LogP contribution in [0.2, 0.25) is 0 Å². The zero-order valence-electron chi connectivity index (χ0n) is 12.9. The highest BCUT2D eigenvalue weighted by atomic mass is 19.3. The lowest BCUT2D eigenvalue weighted by Gasteiger charge is -2.34. The molecule has 1 fully saturated rings. The Morgan fingerprint density at radius 1 is 1.24 bits per heavy atom. The summed E-state index contributed by atoms with van der Waals surface area (Å²) in [6.07, 6.45) is 2.15. The van der Waals surface area contributed by atoms with E-state index in [1.165, 1.54) is 0 Å². The Morgan fingerprint density at radius 2 is 1.86 bits per heavy atom. The number of rotatable bonds is 6. The SMILES string of the molecule is CCCOc1ccc(C(NC)C2CCC(F)(F)CC2)cc1. The van der Waals surface area contributed by atoms with Gasteiger partial charge in [-0.3, -0.25) is 0 Å². The maximum Gasteiger partial charge on any atom is 0.248 e. The quantitative estimate of drug-likeness (QED) is 0.831. The number of nitrogens with one attached hydrogen (secondary N) is 1. The molecule has 118 valence electrons. The van der Waals surface area contributed by atoms with Gasteiger partial charge in [0.15, 0.2) is 0 Å². The molecule has 0 spiro atoms. The van der Waals surface area contributed by atoms with Crippen LogP contribution in [0.4, 0.5) is 8.78 Å². The van der Waals surface area contributed by atoms with Crippen molar-refractivity contribution in [2.24, 2.45) is 5.92 Å². The van der Waals surface area contributed by atoms with Gasteiger partial charge in [-0.05, 0) is 49.9 Å². The molecule has 0 aliphatic heterocycles. The lowest BCUT2D eigenvalue weighted by molar-refractivity contribution is -0.0495. The molecule has 1 atom stereocenters. The Morgan fingerprint density at radius 3 is 2.38 bits per heavy atom. The molecule has 2 rings (SSSR count). The van der Waals surface area contributed by atoms with Crippen LogP contribution < -0.4 is 10.1 Å². The lowest BCUT2D eigenvalue weighted by atomic mass is 9.79. The fraction of sp³-hybridized carbons (Fsp3) is 0.647. The van der Waals surface area contributed by atoms with Crippen LogP contribution in [0.1, 0.15) is 50.6 Å². The van der Waals surface area contributed by atoms with Gasteiger partial charge < -0.3 is 10.1 Å². The van der Waals surface area contributed by atoms with E-state index in [-0.39, 0.29) is 24.8 Å². The first-order valence-corrected chi connectivity index (χ1v) is 7.83. The van der Waals surface area contributed by atoms with Gasteiger partial charge in [0.1, 0.15) is 5.75 Å². The molecule has 1 saturated carbocycles. The van der Waals surface area contributed by atoms with Crippen molar-refractivity contribution in [2.75, 3.05) is 13.7 Å². The van der Waals surface area contributed by atoms with Crippen LogP contribution in [-0.2, 0) is 0 Å². The van der Waals surface area contributed by atoms with Crippen LogP contribution in [0, 0.1) is 5.92 Å². The molecular weight excluding hydrogens is 272 g/mol. The minimum absolute atomic E-state index is 0.00748. The Labute approximate surface area is 125 Å². The van der Waals surface area contributed by atoms with Gasteiger partial charge in [-0.2, -0.15) is 0 Å². The molecule has 2 nitrogen and oxygen atoms in total. The van der Waals surface area contributed by atoms with Crippen molar-refractivity contribution in [3.63, 3.8) is 0 Å². The number of halogens is 2. The van der Waals surface area contributed by atoms with Gasteiger partial charge in [0.05, 0.1) is 6.61 Å². The maximum atomic E-state index is 13.3. The van der Waals surface area contributed by atoms with E-state index >= 15 is 0 Å². The van der Waals surface area contributed by atoms with Crippen LogP contribution in [0.5, 0.6) is 5.75 Å². The molecule has 1 aliphatic rings. The van der Waals surface area contributed by atoms with Crippen molar-refractivity contribution >= 4 is 0 Å². The average Bonchev–Trinajstić information content (AvgIpc) is 2.48. The normalized spacial score (nSPS) is 20.2. The maximum absolute atomic E-state index is 13.3. The second kappa shape index (κ2) is 7.21. The van der Waals surface area contributed by atoms with Crippen molar-refractivity contribution in [2.45, 2.75) is 51.0 Å². The standard InChI is InChI=1S/C17H25F2NO/c1-3-12-21-15-6-4-13(5-7-15)16(20-2)14-8-10-17(18,19)11-9-14/h4-7,14,16,20H,3,8-12H2,1-2H3. The molecule has 1 unspecified atom stereocenters. The molecule has 0 amide bonds. The summed E-state index contributed by atoms with van der Waals surface area (Å²) in [7, 11) is 1.90. The molecule has 0 heterocycles. The minimum Gasteiger partial charge on any atom is -0.494 e. The fourth-order valence-corrected chi connectivity index (χ4v) is 3.06. The molecule has 1 aromatic rings. The molecule has 0 bridgehead atoms. The summed E-state index contributed by atoms with van der Waals surface area (Å²) in [5, 5.41) is 3.29. The van der Waals surface area contributed by atoms with Gasteiger partial charge in [-0.1, -0.05) is 19.1 Å². The molecule has 21 heavy (non-hydrogen) atoms. The number of hydrogen-bond acceptors (Lipinski definition) is 2. The Bertz CT molecular complexity index is 423. The van der Waals surface area contributed by atoms with Crippen molar-refractivity contribution in [3.8, 4) is 5.75 Å². The third-order valence-corrected chi connectivity index (χ3v) is 4.26. The van der Waals surface area contributed by atoms with Crippen molar-refractivity contribution in [1.82, 2.24) is 5.32 Å². The van der Waals surface area contributed by atoms with E-state index in [0.29, 0.717) is 19.4 Å². The van der Waals surface area contributed by atoms with Crippen molar-refractivity contribution < 1.29 is 13.5 Å². The van der Waals surface area contributed by atoms with Crippen LogP contribution in [0.15, 0.2) is 24.3 Å². The zero-order chi connectivity index (χ0) is 15.3. The van der Waals surface area contributed by atoms with Gasteiger partial charge in [0, 0.05) is 18.9 Å². The van der Waals surface area contributed by atoms with Crippen LogP contribution in [0.3, 0.4) is 0 Å². The molecule has 0 aromatic heterocycles. The first kappa shape index (κ1) is 16.2. The van der Waals surface area contributed by atoms with Gasteiger partial charge in [0.2, 0.25) is 5.92 Å². The van der Waals surface area contributed by atoms with E-state index in [9.17, 15) is 8.78 Å². The number of benzene rings is 1. The predicted octanol–water partition coefficient (Wildman–Crippen LogP) is 4.56. The lowest BCUT2D eigenvalue weighted by Crippen LogP contribution is -2.32. The first-order valence-electron chi connectivity index (χ1n) is 7.83. The summed E-state index contributed by atoms with van der Waals surface area (Å²) in [5.41, 5.74) is 1.15. The molecule has 1 aliphatic carbocycles. The Hall–Kier alpha value is -1.16. The summed E-state index contributed by atoms with van der Waals surface area (Å²) in [4.78, 5) is 0. The summed E-state index contributed by atoms with van der Waals surface area (Å²) in [6, 6.07) is 8.15. The van der Waals surface area contributed by atoms with Crippen LogP contribution in [-0.4, -0.2) is 19.6 Å². The molecule has 0 saturated heterocycles. The predicted molar refractivity (Wildman–Crippen MR) is 80.9 cm³/mol. The molecular formula is C17H25F2NO. The largest absolute Gasteiger partial charge is 0.494 e. The Balaban J connectivity index is 2.00. The molecule has 0 radical (unpaired) electrons. The summed E-state index contributed by atoms with van der Waals surface area (Å²) in [5.74, 6) is -1.32. The molecule has 4 heteroatoms. The van der Waals surface area contributed by atoms with E-state index in [0.717, 1.165) is 17.7 Å². The van der Waals surface area contributed by atoms with Gasteiger partial charge in [-0.25, -0.2) is 8.78 Å². The van der Waals surface area contributed by atoms with E-state index in [4.69, 9.17) is 4.74 Å². The Kier molecular flexibility index (Phi) is 5.57. The summed E-state index contributed by atoms with van der Waals surface area (Å²) < 4.78 is 32.1. The van der Waals surface area contributed by atoms with Crippen LogP contribution >= 0.6 is 0 Å². The number of alkyl halides is 2. The van der Waals surface area contributed by atoms with Gasteiger partial charge >= 0.3 is 0 Å². The second-order valence-corrected chi connectivity index (χ2v) is 5.88. The van der Waals surface area contributed by atoms with Crippen LogP contribution in [0.25, 0.3) is 0 Å². The van der Waals surface area contributed by atoms with Gasteiger partial charge in [0.25, 0.3) is 0 Å².